The zero-order valence-corrected chi connectivity index (χ0v) is 16.3. The molecule has 144 valence electrons. The maximum atomic E-state index is 11.3. The maximum absolute atomic E-state index is 11.3. The molecule has 0 heterocycles. The van der Waals surface area contributed by atoms with Gasteiger partial charge < -0.3 is 15.2 Å². The lowest BCUT2D eigenvalue weighted by Gasteiger charge is -2.34. The normalized spacial score (nSPS) is 20.8. The van der Waals surface area contributed by atoms with Crippen LogP contribution in [0, 0.1) is 0 Å². The van der Waals surface area contributed by atoms with Crippen molar-refractivity contribution in [3.05, 3.63) is 65.2 Å². The van der Waals surface area contributed by atoms with Gasteiger partial charge in [-0.25, -0.2) is 4.79 Å². The molecule has 3 rings (SSSR count). The first-order valence-corrected chi connectivity index (χ1v) is 10.0. The number of benzene rings is 2. The summed E-state index contributed by atoms with van der Waals surface area (Å²) in [4.78, 5) is 11.3. The summed E-state index contributed by atoms with van der Waals surface area (Å²) < 4.78 is 6.27. The smallest absolute Gasteiger partial charge is 0.336 e. The molecule has 2 aromatic carbocycles. The number of rotatable bonds is 7. The molecule has 3 atom stereocenters. The number of carboxylic acid groups (broad SMARTS) is 1. The van der Waals surface area contributed by atoms with Crippen LogP contribution in [-0.4, -0.2) is 23.2 Å². The molecule has 1 saturated carbocycles. The predicted octanol–water partition coefficient (Wildman–Crippen LogP) is 5.16. The largest absolute Gasteiger partial charge is 0.489 e. The molecule has 27 heavy (non-hydrogen) atoms. The second-order valence-electron chi connectivity index (χ2n) is 7.10. The van der Waals surface area contributed by atoms with E-state index in [1.165, 1.54) is 12.0 Å². The first-order valence-electron chi connectivity index (χ1n) is 9.48. The van der Waals surface area contributed by atoms with Gasteiger partial charge in [0.15, 0.2) is 0 Å². The number of carbonyl (C=O) groups is 1. The molecule has 1 aliphatic rings. The highest BCUT2D eigenvalue weighted by Crippen LogP contribution is 2.28. The standard InChI is InChI=1S/C22H26ClNO3/c1-15(16-7-3-2-4-8-16)24-20-9-5-6-10-21(20)27-18-11-12-19(22(25)26)17(13-18)14-23/h2-4,7-8,11-13,15,20-21,24H,5-6,9-10,14H2,1H3,(H,25,26)/t15-,20+,21+/m1/s1. The molecule has 0 bridgehead atoms. The van der Waals surface area contributed by atoms with Gasteiger partial charge in [-0.2, -0.15) is 0 Å². The molecular weight excluding hydrogens is 362 g/mol. The van der Waals surface area contributed by atoms with Gasteiger partial charge in [-0.15, -0.1) is 11.6 Å². The number of halogens is 1. The lowest BCUT2D eigenvalue weighted by molar-refractivity contribution is 0.0695. The van der Waals surface area contributed by atoms with Crippen LogP contribution < -0.4 is 10.1 Å². The fourth-order valence-electron chi connectivity index (χ4n) is 3.73. The minimum Gasteiger partial charge on any atom is -0.489 e. The van der Waals surface area contributed by atoms with E-state index in [1.54, 1.807) is 18.2 Å². The molecule has 0 unspecified atom stereocenters. The van der Waals surface area contributed by atoms with Gasteiger partial charge in [0, 0.05) is 18.0 Å². The Labute approximate surface area is 165 Å². The van der Waals surface area contributed by atoms with E-state index >= 15 is 0 Å². The highest BCUT2D eigenvalue weighted by molar-refractivity contribution is 6.17. The highest BCUT2D eigenvalue weighted by atomic mass is 35.5. The highest BCUT2D eigenvalue weighted by Gasteiger charge is 2.28. The number of ether oxygens (including phenoxy) is 1. The minimum absolute atomic E-state index is 0.0590. The fourth-order valence-corrected chi connectivity index (χ4v) is 3.95. The Bertz CT molecular complexity index is 765. The average Bonchev–Trinajstić information content (AvgIpc) is 2.69. The summed E-state index contributed by atoms with van der Waals surface area (Å²) in [6.45, 7) is 2.17. The summed E-state index contributed by atoms with van der Waals surface area (Å²) in [5, 5.41) is 13.0. The van der Waals surface area contributed by atoms with Crippen LogP contribution in [0.3, 0.4) is 0 Å². The van der Waals surface area contributed by atoms with Crippen LogP contribution in [0.25, 0.3) is 0 Å². The Morgan fingerprint density at radius 3 is 2.67 bits per heavy atom. The van der Waals surface area contributed by atoms with E-state index < -0.39 is 5.97 Å². The summed E-state index contributed by atoms with van der Waals surface area (Å²) in [5.41, 5.74) is 2.07. The van der Waals surface area contributed by atoms with E-state index in [2.05, 4.69) is 36.5 Å². The molecule has 1 aliphatic carbocycles. The summed E-state index contributed by atoms with van der Waals surface area (Å²) in [6, 6.07) is 16.0. The molecule has 2 N–H and O–H groups in total. The van der Waals surface area contributed by atoms with Crippen LogP contribution in [0.2, 0.25) is 0 Å². The molecule has 0 radical (unpaired) electrons. The zero-order chi connectivity index (χ0) is 19.2. The molecule has 0 aliphatic heterocycles. The van der Waals surface area contributed by atoms with E-state index in [0.29, 0.717) is 11.3 Å². The topological polar surface area (TPSA) is 58.6 Å². The average molecular weight is 388 g/mol. The van der Waals surface area contributed by atoms with Gasteiger partial charge in [-0.05, 0) is 55.5 Å². The summed E-state index contributed by atoms with van der Waals surface area (Å²) in [6.07, 6.45) is 4.43. The van der Waals surface area contributed by atoms with E-state index in [4.69, 9.17) is 16.3 Å². The Kier molecular flexibility index (Phi) is 6.75. The molecular formula is C22H26ClNO3. The molecule has 4 nitrogen and oxygen atoms in total. The van der Waals surface area contributed by atoms with Crippen LogP contribution >= 0.6 is 11.6 Å². The molecule has 0 spiro atoms. The molecule has 0 aromatic heterocycles. The Morgan fingerprint density at radius 1 is 1.22 bits per heavy atom. The lowest BCUT2D eigenvalue weighted by Crippen LogP contribution is -2.46. The van der Waals surface area contributed by atoms with Crippen LogP contribution in [0.1, 0.15) is 60.1 Å². The number of carboxylic acids is 1. The number of nitrogens with one attached hydrogen (secondary N) is 1. The van der Waals surface area contributed by atoms with Crippen molar-refractivity contribution in [2.45, 2.75) is 56.7 Å². The lowest BCUT2D eigenvalue weighted by atomic mass is 9.91. The minimum atomic E-state index is -0.967. The number of alkyl halides is 1. The Hall–Kier alpha value is -2.04. The SMILES string of the molecule is C[C@@H](N[C@H]1CCCC[C@@H]1Oc1ccc(C(=O)O)c(CCl)c1)c1ccccc1. The third-order valence-corrected chi connectivity index (χ3v) is 5.49. The fraction of sp³-hybridized carbons (Fsp3) is 0.409. The monoisotopic (exact) mass is 387 g/mol. The van der Waals surface area contributed by atoms with Gasteiger partial charge in [0.05, 0.1) is 5.56 Å². The van der Waals surface area contributed by atoms with Crippen molar-refractivity contribution >= 4 is 17.6 Å². The number of aromatic carboxylic acids is 1. The van der Waals surface area contributed by atoms with E-state index in [-0.39, 0.29) is 29.6 Å². The second kappa shape index (κ2) is 9.25. The molecule has 0 saturated heterocycles. The van der Waals surface area contributed by atoms with Crippen molar-refractivity contribution in [1.82, 2.24) is 5.32 Å². The van der Waals surface area contributed by atoms with Crippen molar-refractivity contribution < 1.29 is 14.6 Å². The molecule has 1 fully saturated rings. The maximum Gasteiger partial charge on any atom is 0.336 e. The van der Waals surface area contributed by atoms with Crippen LogP contribution in [0.4, 0.5) is 0 Å². The Balaban J connectivity index is 1.71. The van der Waals surface area contributed by atoms with Crippen molar-refractivity contribution in [3.8, 4) is 5.75 Å². The first kappa shape index (κ1) is 19.7. The van der Waals surface area contributed by atoms with Crippen molar-refractivity contribution in [2.75, 3.05) is 0 Å². The van der Waals surface area contributed by atoms with E-state index in [1.807, 2.05) is 6.07 Å². The van der Waals surface area contributed by atoms with Crippen molar-refractivity contribution in [2.24, 2.45) is 0 Å². The summed E-state index contributed by atoms with van der Waals surface area (Å²) in [7, 11) is 0. The van der Waals surface area contributed by atoms with Gasteiger partial charge in [0.25, 0.3) is 0 Å². The number of hydrogen-bond donors (Lipinski definition) is 2. The van der Waals surface area contributed by atoms with Gasteiger partial charge in [0.2, 0.25) is 0 Å². The summed E-state index contributed by atoms with van der Waals surface area (Å²) >= 11 is 5.92. The van der Waals surface area contributed by atoms with Crippen molar-refractivity contribution in [1.29, 1.82) is 0 Å². The Morgan fingerprint density at radius 2 is 1.96 bits per heavy atom. The quantitative estimate of drug-likeness (QED) is 0.644. The molecule has 5 heteroatoms. The molecule has 0 amide bonds. The third-order valence-electron chi connectivity index (χ3n) is 5.20. The predicted molar refractivity (Wildman–Crippen MR) is 108 cm³/mol. The van der Waals surface area contributed by atoms with E-state index in [0.717, 1.165) is 19.3 Å². The van der Waals surface area contributed by atoms with Crippen LogP contribution in [0.15, 0.2) is 48.5 Å². The van der Waals surface area contributed by atoms with Gasteiger partial charge in [-0.1, -0.05) is 36.8 Å². The molecule has 2 aromatic rings. The third kappa shape index (κ3) is 5.02. The van der Waals surface area contributed by atoms with Gasteiger partial charge in [0.1, 0.15) is 11.9 Å². The van der Waals surface area contributed by atoms with Crippen LogP contribution in [-0.2, 0) is 5.88 Å². The first-order chi connectivity index (χ1) is 13.1. The van der Waals surface area contributed by atoms with Crippen LogP contribution in [0.5, 0.6) is 5.75 Å². The second-order valence-corrected chi connectivity index (χ2v) is 7.37. The van der Waals surface area contributed by atoms with E-state index in [9.17, 15) is 9.90 Å². The van der Waals surface area contributed by atoms with Crippen molar-refractivity contribution in [3.63, 3.8) is 0 Å². The number of hydrogen-bond acceptors (Lipinski definition) is 3. The van der Waals surface area contributed by atoms with Gasteiger partial charge >= 0.3 is 5.97 Å². The zero-order valence-electron chi connectivity index (χ0n) is 15.5. The van der Waals surface area contributed by atoms with Gasteiger partial charge in [-0.3, -0.25) is 0 Å². The summed E-state index contributed by atoms with van der Waals surface area (Å²) in [5.74, 6) is -0.135.